The zero-order chi connectivity index (χ0) is 24.1. The first-order chi connectivity index (χ1) is 16.5. The molecule has 0 unspecified atom stereocenters. The smallest absolute Gasteiger partial charge is 0.240 e. The molecule has 180 valence electrons. The summed E-state index contributed by atoms with van der Waals surface area (Å²) < 4.78 is 40.7. The van der Waals surface area contributed by atoms with Crippen molar-refractivity contribution in [3.05, 3.63) is 89.5 Å². The molecule has 0 saturated heterocycles. The van der Waals surface area contributed by atoms with Crippen molar-refractivity contribution in [1.29, 1.82) is 0 Å². The molecule has 1 aliphatic heterocycles. The monoisotopic (exact) mass is 480 g/mol. The van der Waals surface area contributed by atoms with Gasteiger partial charge in [-0.3, -0.25) is 4.90 Å². The van der Waals surface area contributed by atoms with E-state index in [2.05, 4.69) is 21.8 Å². The second kappa shape index (κ2) is 10.6. The molecule has 7 heteroatoms. The minimum absolute atomic E-state index is 0.160. The van der Waals surface area contributed by atoms with Gasteiger partial charge in [0.1, 0.15) is 0 Å². The number of rotatable bonds is 9. The Morgan fingerprint density at radius 2 is 1.59 bits per heavy atom. The van der Waals surface area contributed by atoms with Gasteiger partial charge in [-0.1, -0.05) is 55.5 Å². The first-order valence-electron chi connectivity index (χ1n) is 11.6. The van der Waals surface area contributed by atoms with Crippen molar-refractivity contribution >= 4 is 10.0 Å². The van der Waals surface area contributed by atoms with Crippen LogP contribution in [0.3, 0.4) is 0 Å². The topological polar surface area (TPSA) is 67.9 Å². The number of sulfonamides is 1. The Morgan fingerprint density at radius 3 is 2.21 bits per heavy atom. The molecule has 0 saturated carbocycles. The number of methoxy groups -OCH3 is 2. The van der Waals surface area contributed by atoms with E-state index in [0.29, 0.717) is 17.9 Å². The lowest BCUT2D eigenvalue weighted by Gasteiger charge is -2.42. The summed E-state index contributed by atoms with van der Waals surface area (Å²) in [6.45, 7) is 3.56. The van der Waals surface area contributed by atoms with E-state index in [-0.39, 0.29) is 17.0 Å². The first kappa shape index (κ1) is 24.3. The second-order valence-electron chi connectivity index (χ2n) is 8.51. The molecule has 0 aliphatic carbocycles. The van der Waals surface area contributed by atoms with Gasteiger partial charge < -0.3 is 9.47 Å². The van der Waals surface area contributed by atoms with Crippen molar-refractivity contribution in [2.75, 3.05) is 20.8 Å². The van der Waals surface area contributed by atoms with E-state index in [1.54, 1.807) is 38.5 Å². The number of hydrogen-bond donors (Lipinski definition) is 1. The highest BCUT2D eigenvalue weighted by Crippen LogP contribution is 2.41. The maximum absolute atomic E-state index is 13.3. The van der Waals surface area contributed by atoms with Crippen LogP contribution in [-0.4, -0.2) is 40.1 Å². The van der Waals surface area contributed by atoms with Gasteiger partial charge in [0.2, 0.25) is 10.0 Å². The summed E-state index contributed by atoms with van der Waals surface area (Å²) in [6.07, 6.45) is 1.48. The molecule has 1 aliphatic rings. The van der Waals surface area contributed by atoms with E-state index >= 15 is 0 Å². The van der Waals surface area contributed by atoms with Crippen LogP contribution < -0.4 is 14.2 Å². The molecule has 1 heterocycles. The van der Waals surface area contributed by atoms with Crippen molar-refractivity contribution in [3.8, 4) is 11.5 Å². The minimum Gasteiger partial charge on any atom is -0.493 e. The zero-order valence-corrected chi connectivity index (χ0v) is 20.7. The summed E-state index contributed by atoms with van der Waals surface area (Å²) in [7, 11) is -0.423. The molecule has 4 rings (SSSR count). The van der Waals surface area contributed by atoms with Crippen LogP contribution in [0.25, 0.3) is 0 Å². The SMILES string of the molecule is CC[C@H](NS(=O)(=O)c1ccccc1)[C@@H]1c2cc(OC)c(OC)cc2CCN1Cc1ccccc1. The average Bonchev–Trinajstić information content (AvgIpc) is 2.87. The van der Waals surface area contributed by atoms with Gasteiger partial charge in [-0.15, -0.1) is 0 Å². The molecule has 0 amide bonds. The van der Waals surface area contributed by atoms with E-state index in [9.17, 15) is 8.42 Å². The summed E-state index contributed by atoms with van der Waals surface area (Å²) in [4.78, 5) is 2.64. The normalized spacial score (nSPS) is 17.1. The molecule has 6 nitrogen and oxygen atoms in total. The van der Waals surface area contributed by atoms with Gasteiger partial charge in [-0.05, 0) is 53.8 Å². The molecule has 2 atom stereocenters. The molecule has 1 N–H and O–H groups in total. The minimum atomic E-state index is -3.68. The zero-order valence-electron chi connectivity index (χ0n) is 19.9. The Hall–Kier alpha value is -2.87. The van der Waals surface area contributed by atoms with Gasteiger partial charge in [0.05, 0.1) is 25.2 Å². The lowest BCUT2D eigenvalue weighted by molar-refractivity contribution is 0.143. The number of nitrogens with one attached hydrogen (secondary N) is 1. The Bertz CT molecular complexity index is 1200. The van der Waals surface area contributed by atoms with Gasteiger partial charge in [-0.25, -0.2) is 13.1 Å². The summed E-state index contributed by atoms with van der Waals surface area (Å²) in [5.74, 6) is 1.34. The van der Waals surface area contributed by atoms with Gasteiger partial charge in [-0.2, -0.15) is 0 Å². The maximum Gasteiger partial charge on any atom is 0.240 e. The molecule has 0 radical (unpaired) electrons. The summed E-state index contributed by atoms with van der Waals surface area (Å²) in [6, 6.07) is 22.4. The van der Waals surface area contributed by atoms with Crippen LogP contribution in [0.2, 0.25) is 0 Å². The van der Waals surface area contributed by atoms with Crippen molar-refractivity contribution in [2.24, 2.45) is 0 Å². The van der Waals surface area contributed by atoms with Gasteiger partial charge in [0.15, 0.2) is 11.5 Å². The van der Waals surface area contributed by atoms with Crippen molar-refractivity contribution in [1.82, 2.24) is 9.62 Å². The maximum atomic E-state index is 13.3. The average molecular weight is 481 g/mol. The number of fused-ring (bicyclic) bond motifs is 1. The van der Waals surface area contributed by atoms with Crippen LogP contribution in [0.1, 0.15) is 36.1 Å². The fourth-order valence-electron chi connectivity index (χ4n) is 4.73. The fraction of sp³-hybridized carbons (Fsp3) is 0.333. The van der Waals surface area contributed by atoms with E-state index in [0.717, 1.165) is 30.6 Å². The molecule has 0 bridgehead atoms. The molecule has 0 aromatic heterocycles. The lowest BCUT2D eigenvalue weighted by Crippen LogP contribution is -2.48. The summed E-state index contributed by atoms with van der Waals surface area (Å²) in [5.41, 5.74) is 3.42. The van der Waals surface area contributed by atoms with Crippen LogP contribution in [0.15, 0.2) is 77.7 Å². The molecule has 3 aromatic rings. The van der Waals surface area contributed by atoms with Crippen molar-refractivity contribution in [3.63, 3.8) is 0 Å². The standard InChI is InChI=1S/C27H32N2O4S/c1-4-24(28-34(30,31)22-13-9-6-10-14-22)27-23-18-26(33-3)25(32-2)17-21(23)15-16-29(27)19-20-11-7-5-8-12-20/h5-14,17-18,24,27-28H,4,15-16,19H2,1-3H3/t24-,27-/m0/s1. The van der Waals surface area contributed by atoms with Crippen LogP contribution in [0, 0.1) is 0 Å². The predicted molar refractivity (Wildman–Crippen MR) is 134 cm³/mol. The number of nitrogens with zero attached hydrogens (tertiary/aromatic N) is 1. The van der Waals surface area contributed by atoms with E-state index < -0.39 is 10.0 Å². The number of ether oxygens (including phenoxy) is 2. The van der Waals surface area contributed by atoms with Crippen LogP contribution in [0.5, 0.6) is 11.5 Å². The van der Waals surface area contributed by atoms with Crippen molar-refractivity contribution in [2.45, 2.75) is 43.3 Å². The number of hydrogen-bond acceptors (Lipinski definition) is 5. The molecular weight excluding hydrogens is 448 g/mol. The third-order valence-electron chi connectivity index (χ3n) is 6.44. The highest BCUT2D eigenvalue weighted by Gasteiger charge is 2.36. The quantitative estimate of drug-likeness (QED) is 0.486. The Morgan fingerprint density at radius 1 is 0.971 bits per heavy atom. The highest BCUT2D eigenvalue weighted by atomic mass is 32.2. The van der Waals surface area contributed by atoms with Crippen LogP contribution in [-0.2, 0) is 23.0 Å². The molecular formula is C27H32N2O4S. The van der Waals surface area contributed by atoms with Gasteiger partial charge >= 0.3 is 0 Å². The summed E-state index contributed by atoms with van der Waals surface area (Å²) >= 11 is 0. The van der Waals surface area contributed by atoms with Crippen molar-refractivity contribution < 1.29 is 17.9 Å². The molecule has 0 spiro atoms. The van der Waals surface area contributed by atoms with E-state index in [1.807, 2.05) is 43.3 Å². The third-order valence-corrected chi connectivity index (χ3v) is 7.94. The first-order valence-corrected chi connectivity index (χ1v) is 13.0. The highest BCUT2D eigenvalue weighted by molar-refractivity contribution is 7.89. The molecule has 0 fully saturated rings. The molecule has 3 aromatic carbocycles. The van der Waals surface area contributed by atoms with E-state index in [4.69, 9.17) is 9.47 Å². The summed E-state index contributed by atoms with van der Waals surface area (Å²) in [5, 5.41) is 0. The molecule has 34 heavy (non-hydrogen) atoms. The number of benzene rings is 3. The van der Waals surface area contributed by atoms with Crippen LogP contribution >= 0.6 is 0 Å². The fourth-order valence-corrected chi connectivity index (χ4v) is 6.08. The Balaban J connectivity index is 1.76. The second-order valence-corrected chi connectivity index (χ2v) is 10.2. The van der Waals surface area contributed by atoms with Crippen LogP contribution in [0.4, 0.5) is 0 Å². The third kappa shape index (κ3) is 5.12. The predicted octanol–water partition coefficient (Wildman–Crippen LogP) is 4.56. The Kier molecular flexibility index (Phi) is 7.56. The largest absolute Gasteiger partial charge is 0.493 e. The van der Waals surface area contributed by atoms with E-state index in [1.165, 1.54) is 5.56 Å². The lowest BCUT2D eigenvalue weighted by atomic mass is 9.86. The van der Waals surface area contributed by atoms with Gasteiger partial charge in [0, 0.05) is 19.1 Å². The van der Waals surface area contributed by atoms with Gasteiger partial charge in [0.25, 0.3) is 0 Å². The Labute approximate surface area is 202 Å².